The molecule has 0 aliphatic carbocycles. The van der Waals surface area contributed by atoms with Gasteiger partial charge in [0.25, 0.3) is 5.91 Å². The molecule has 0 N–H and O–H groups in total. The average molecular weight is 331 g/mol. The number of amides is 1. The number of aromatic nitrogens is 1. The zero-order chi connectivity index (χ0) is 15.8. The number of piperidine rings is 1. The average Bonchev–Trinajstić information content (AvgIpc) is 3.23. The molecule has 0 unspecified atom stereocenters. The Morgan fingerprint density at radius 1 is 1.35 bits per heavy atom. The number of hydrogen-bond acceptors (Lipinski definition) is 5. The van der Waals surface area contributed by atoms with Gasteiger partial charge in [-0.25, -0.2) is 4.98 Å². The molecular formula is C17H21N3O2S. The molecule has 122 valence electrons. The molecule has 0 aromatic carbocycles. The molecule has 0 spiro atoms. The maximum atomic E-state index is 12.9. The van der Waals surface area contributed by atoms with E-state index in [9.17, 15) is 4.79 Å². The summed E-state index contributed by atoms with van der Waals surface area (Å²) in [5, 5.41) is 1.98. The van der Waals surface area contributed by atoms with Crippen LogP contribution in [0.25, 0.3) is 10.8 Å². The Labute approximate surface area is 139 Å². The summed E-state index contributed by atoms with van der Waals surface area (Å²) in [6.45, 7) is 5.59. The van der Waals surface area contributed by atoms with Crippen LogP contribution in [-0.4, -0.2) is 52.9 Å². The van der Waals surface area contributed by atoms with E-state index in [1.165, 1.54) is 25.8 Å². The van der Waals surface area contributed by atoms with Gasteiger partial charge in [-0.3, -0.25) is 9.69 Å². The minimum Gasteiger partial charge on any atom is -0.440 e. The molecule has 4 heterocycles. The van der Waals surface area contributed by atoms with Gasteiger partial charge in [0.15, 0.2) is 5.69 Å². The quantitative estimate of drug-likeness (QED) is 0.849. The number of piperazine rings is 1. The van der Waals surface area contributed by atoms with Crippen molar-refractivity contribution in [2.75, 3.05) is 26.2 Å². The van der Waals surface area contributed by atoms with E-state index in [1.807, 2.05) is 29.3 Å². The summed E-state index contributed by atoms with van der Waals surface area (Å²) in [5.41, 5.74) is 0.470. The molecule has 2 aromatic rings. The van der Waals surface area contributed by atoms with Crippen LogP contribution in [0.15, 0.2) is 21.9 Å². The third-order valence-corrected chi connectivity index (χ3v) is 5.71. The summed E-state index contributed by atoms with van der Waals surface area (Å²) in [5.74, 6) is 1.18. The highest BCUT2D eigenvalue weighted by Gasteiger charge is 2.33. The molecular weight excluding hydrogens is 310 g/mol. The van der Waals surface area contributed by atoms with Crippen molar-refractivity contribution in [3.8, 4) is 10.8 Å². The first-order chi connectivity index (χ1) is 11.2. The third-order valence-electron chi connectivity index (χ3n) is 4.86. The smallest absolute Gasteiger partial charge is 0.276 e. The summed E-state index contributed by atoms with van der Waals surface area (Å²) in [6.07, 6.45) is 3.76. The lowest BCUT2D eigenvalue weighted by Gasteiger charge is -2.43. The summed E-state index contributed by atoms with van der Waals surface area (Å²) in [6, 6.07) is 4.44. The molecule has 1 atom stereocenters. The molecule has 2 aliphatic heterocycles. The minimum atomic E-state index is 0.0132. The molecule has 2 fully saturated rings. The van der Waals surface area contributed by atoms with Gasteiger partial charge in [0.1, 0.15) is 5.76 Å². The molecule has 2 aliphatic rings. The van der Waals surface area contributed by atoms with Gasteiger partial charge in [0.2, 0.25) is 5.89 Å². The van der Waals surface area contributed by atoms with E-state index in [1.54, 1.807) is 11.3 Å². The molecule has 5 nitrogen and oxygen atoms in total. The van der Waals surface area contributed by atoms with Gasteiger partial charge in [-0.1, -0.05) is 12.5 Å². The predicted molar refractivity (Wildman–Crippen MR) is 89.7 cm³/mol. The first kappa shape index (κ1) is 14.9. The fourth-order valence-electron chi connectivity index (χ4n) is 3.59. The van der Waals surface area contributed by atoms with Crippen molar-refractivity contribution in [3.05, 3.63) is 29.0 Å². The Bertz CT molecular complexity index is 695. The molecule has 23 heavy (non-hydrogen) atoms. The number of thiophene rings is 1. The van der Waals surface area contributed by atoms with Crippen molar-refractivity contribution in [2.45, 2.75) is 32.2 Å². The normalized spacial score (nSPS) is 22.1. The lowest BCUT2D eigenvalue weighted by atomic mass is 9.99. The molecule has 2 saturated heterocycles. The van der Waals surface area contributed by atoms with Gasteiger partial charge in [-0.15, -0.1) is 11.3 Å². The van der Waals surface area contributed by atoms with Gasteiger partial charge in [-0.05, 0) is 37.8 Å². The Morgan fingerprint density at radius 2 is 2.26 bits per heavy atom. The number of carbonyl (C=O) groups excluding carboxylic acids is 1. The van der Waals surface area contributed by atoms with Gasteiger partial charge in [0, 0.05) is 25.7 Å². The molecule has 0 radical (unpaired) electrons. The van der Waals surface area contributed by atoms with Crippen molar-refractivity contribution in [1.29, 1.82) is 0 Å². The molecule has 6 heteroatoms. The molecule has 0 bridgehead atoms. The number of aryl methyl sites for hydroxylation is 1. The van der Waals surface area contributed by atoms with Crippen LogP contribution < -0.4 is 0 Å². The summed E-state index contributed by atoms with van der Waals surface area (Å²) in [4.78, 5) is 22.8. The number of carbonyl (C=O) groups is 1. The summed E-state index contributed by atoms with van der Waals surface area (Å²) < 4.78 is 5.72. The highest BCUT2D eigenvalue weighted by molar-refractivity contribution is 7.13. The van der Waals surface area contributed by atoms with E-state index >= 15 is 0 Å². The van der Waals surface area contributed by atoms with Crippen molar-refractivity contribution in [3.63, 3.8) is 0 Å². The molecule has 0 saturated carbocycles. The van der Waals surface area contributed by atoms with E-state index in [0.29, 0.717) is 23.4 Å². The molecule has 2 aromatic heterocycles. The van der Waals surface area contributed by atoms with Crippen LogP contribution in [0, 0.1) is 6.92 Å². The Hall–Kier alpha value is -1.66. The van der Waals surface area contributed by atoms with Crippen LogP contribution in [0.1, 0.15) is 35.5 Å². The Morgan fingerprint density at radius 3 is 3.09 bits per heavy atom. The topological polar surface area (TPSA) is 49.6 Å². The fraction of sp³-hybridized carbons (Fsp3) is 0.529. The third kappa shape index (κ3) is 2.81. The Balaban J connectivity index is 1.53. The zero-order valence-corrected chi connectivity index (χ0v) is 14.1. The predicted octanol–water partition coefficient (Wildman–Crippen LogP) is 3.02. The first-order valence-electron chi connectivity index (χ1n) is 8.27. The van der Waals surface area contributed by atoms with E-state index in [2.05, 4.69) is 9.88 Å². The van der Waals surface area contributed by atoms with Gasteiger partial charge in [0.05, 0.1) is 4.88 Å². The maximum absolute atomic E-state index is 12.9. The van der Waals surface area contributed by atoms with Gasteiger partial charge < -0.3 is 9.32 Å². The van der Waals surface area contributed by atoms with Crippen LogP contribution in [0.2, 0.25) is 0 Å². The largest absolute Gasteiger partial charge is 0.440 e. The van der Waals surface area contributed by atoms with Crippen molar-refractivity contribution in [1.82, 2.24) is 14.8 Å². The zero-order valence-electron chi connectivity index (χ0n) is 13.3. The standard InChI is InChI=1S/C17H21N3O2S/c1-12-15(18-16(22-12)14-6-4-10-23-14)17(21)20-9-8-19-7-3-2-5-13(19)11-20/h4,6,10,13H,2-3,5,7-9,11H2,1H3/t13-/m0/s1. The summed E-state index contributed by atoms with van der Waals surface area (Å²) >= 11 is 1.57. The van der Waals surface area contributed by atoms with Crippen LogP contribution in [0.5, 0.6) is 0 Å². The number of oxazole rings is 1. The second-order valence-corrected chi connectivity index (χ2v) is 7.29. The number of rotatable bonds is 2. The molecule has 1 amide bonds. The van der Waals surface area contributed by atoms with Gasteiger partial charge in [-0.2, -0.15) is 0 Å². The second-order valence-electron chi connectivity index (χ2n) is 6.34. The lowest BCUT2D eigenvalue weighted by molar-refractivity contribution is 0.0367. The Kier molecular flexibility index (Phi) is 3.95. The maximum Gasteiger partial charge on any atom is 0.276 e. The van der Waals surface area contributed by atoms with Crippen LogP contribution in [0.3, 0.4) is 0 Å². The lowest BCUT2D eigenvalue weighted by Crippen LogP contribution is -2.56. The van der Waals surface area contributed by atoms with Crippen molar-refractivity contribution < 1.29 is 9.21 Å². The van der Waals surface area contributed by atoms with Crippen LogP contribution >= 0.6 is 11.3 Å². The number of nitrogens with zero attached hydrogens (tertiary/aromatic N) is 3. The fourth-order valence-corrected chi connectivity index (χ4v) is 4.24. The highest BCUT2D eigenvalue weighted by Crippen LogP contribution is 2.27. The minimum absolute atomic E-state index is 0.0132. The SMILES string of the molecule is Cc1oc(-c2cccs2)nc1C(=O)N1CCN2CCCC[C@H]2C1. The van der Waals surface area contributed by atoms with E-state index in [0.717, 1.165) is 24.5 Å². The number of hydrogen-bond donors (Lipinski definition) is 0. The first-order valence-corrected chi connectivity index (χ1v) is 9.15. The van der Waals surface area contributed by atoms with E-state index in [4.69, 9.17) is 4.42 Å². The van der Waals surface area contributed by atoms with E-state index < -0.39 is 0 Å². The monoisotopic (exact) mass is 331 g/mol. The molecule has 4 rings (SSSR count). The van der Waals surface area contributed by atoms with E-state index in [-0.39, 0.29) is 5.91 Å². The van der Waals surface area contributed by atoms with Crippen LogP contribution in [0.4, 0.5) is 0 Å². The number of fused-ring (bicyclic) bond motifs is 1. The highest BCUT2D eigenvalue weighted by atomic mass is 32.1. The second kappa shape index (κ2) is 6.09. The van der Waals surface area contributed by atoms with Crippen LogP contribution in [-0.2, 0) is 0 Å². The summed E-state index contributed by atoms with van der Waals surface area (Å²) in [7, 11) is 0. The van der Waals surface area contributed by atoms with Gasteiger partial charge >= 0.3 is 0 Å². The van der Waals surface area contributed by atoms with Crippen molar-refractivity contribution >= 4 is 17.2 Å². The van der Waals surface area contributed by atoms with Crippen molar-refractivity contribution in [2.24, 2.45) is 0 Å².